The van der Waals surface area contributed by atoms with Crippen LogP contribution in [0.5, 0.6) is 0 Å². The van der Waals surface area contributed by atoms with Gasteiger partial charge < -0.3 is 5.11 Å². The van der Waals surface area contributed by atoms with Crippen molar-refractivity contribution in [3.8, 4) is 11.3 Å². The number of carboxylic acid groups (broad SMARTS) is 1. The van der Waals surface area contributed by atoms with Gasteiger partial charge in [0.15, 0.2) is 0 Å². The van der Waals surface area contributed by atoms with E-state index in [9.17, 15) is 4.79 Å². The summed E-state index contributed by atoms with van der Waals surface area (Å²) in [5.74, 6) is -0.832. The Morgan fingerprint density at radius 3 is 2.70 bits per heavy atom. The van der Waals surface area contributed by atoms with Crippen molar-refractivity contribution in [2.45, 2.75) is 32.2 Å². The summed E-state index contributed by atoms with van der Waals surface area (Å²) in [5.41, 5.74) is 3.99. The van der Waals surface area contributed by atoms with Crippen LogP contribution in [-0.2, 0) is 11.2 Å². The van der Waals surface area contributed by atoms with Crippen LogP contribution in [-0.4, -0.2) is 34.0 Å². The first-order chi connectivity index (χ1) is 11.1. The number of aliphatic carboxylic acids is 1. The summed E-state index contributed by atoms with van der Waals surface area (Å²) in [7, 11) is 0. The number of carbonyl (C=O) groups is 1. The highest BCUT2D eigenvalue weighted by Crippen LogP contribution is 2.27. The third-order valence-corrected chi connectivity index (χ3v) is 4.53. The van der Waals surface area contributed by atoms with Crippen molar-refractivity contribution in [1.82, 2.24) is 9.88 Å². The predicted molar refractivity (Wildman–Crippen MR) is 90.2 cm³/mol. The number of hydrogen-bond acceptors (Lipinski definition) is 3. The number of nitrogens with zero attached hydrogens (tertiary/aromatic N) is 2. The summed E-state index contributed by atoms with van der Waals surface area (Å²) in [6, 6.07) is 12.7. The smallest absolute Gasteiger partial charge is 0.307 e. The molecule has 1 fully saturated rings. The number of benzene rings is 1. The van der Waals surface area contributed by atoms with Crippen LogP contribution >= 0.6 is 0 Å². The fourth-order valence-electron chi connectivity index (χ4n) is 3.17. The Bertz CT molecular complexity index is 676. The van der Waals surface area contributed by atoms with E-state index in [1.165, 1.54) is 31.5 Å². The second-order valence-corrected chi connectivity index (χ2v) is 6.17. The zero-order valence-electron chi connectivity index (χ0n) is 13.4. The van der Waals surface area contributed by atoms with E-state index in [0.717, 1.165) is 16.8 Å². The predicted octanol–water partition coefficient (Wildman–Crippen LogP) is 3.53. The van der Waals surface area contributed by atoms with Gasteiger partial charge in [-0.25, -0.2) is 0 Å². The molecule has 0 amide bonds. The molecule has 1 atom stereocenters. The lowest BCUT2D eigenvalue weighted by atomic mass is 10.0. The van der Waals surface area contributed by atoms with E-state index in [1.807, 2.05) is 12.1 Å². The Morgan fingerprint density at radius 1 is 1.26 bits per heavy atom. The fourth-order valence-corrected chi connectivity index (χ4v) is 3.17. The van der Waals surface area contributed by atoms with E-state index in [4.69, 9.17) is 5.11 Å². The van der Waals surface area contributed by atoms with Crippen molar-refractivity contribution >= 4 is 5.97 Å². The molecule has 23 heavy (non-hydrogen) atoms. The molecule has 0 spiro atoms. The van der Waals surface area contributed by atoms with E-state index < -0.39 is 5.97 Å². The minimum atomic E-state index is -0.832. The van der Waals surface area contributed by atoms with Crippen LogP contribution in [0.15, 0.2) is 42.6 Å². The number of hydrogen-bond donors (Lipinski definition) is 1. The molecule has 0 unspecified atom stereocenters. The number of likely N-dealkylation sites (tertiary alicyclic amines) is 1. The van der Waals surface area contributed by atoms with Gasteiger partial charge in [0.2, 0.25) is 0 Å². The van der Waals surface area contributed by atoms with Crippen molar-refractivity contribution in [1.29, 1.82) is 0 Å². The quantitative estimate of drug-likeness (QED) is 0.918. The van der Waals surface area contributed by atoms with E-state index >= 15 is 0 Å². The lowest BCUT2D eigenvalue weighted by molar-refractivity contribution is -0.136. The summed E-state index contributed by atoms with van der Waals surface area (Å²) in [4.78, 5) is 17.7. The molecular formula is C19H22N2O2. The first-order valence-corrected chi connectivity index (χ1v) is 8.14. The molecule has 1 saturated heterocycles. The molecule has 0 radical (unpaired) electrons. The lowest BCUT2D eigenvalue weighted by Gasteiger charge is -2.24. The van der Waals surface area contributed by atoms with Gasteiger partial charge in [0.1, 0.15) is 0 Å². The molecule has 120 valence electrons. The van der Waals surface area contributed by atoms with Crippen LogP contribution in [0.1, 0.15) is 36.9 Å². The first kappa shape index (κ1) is 15.7. The van der Waals surface area contributed by atoms with Crippen LogP contribution < -0.4 is 0 Å². The van der Waals surface area contributed by atoms with Gasteiger partial charge >= 0.3 is 5.97 Å². The van der Waals surface area contributed by atoms with Crippen LogP contribution in [0, 0.1) is 0 Å². The molecule has 1 N–H and O–H groups in total. The van der Waals surface area contributed by atoms with E-state index in [-0.39, 0.29) is 6.42 Å². The lowest BCUT2D eigenvalue weighted by Crippen LogP contribution is -2.23. The highest BCUT2D eigenvalue weighted by molar-refractivity contribution is 5.70. The third kappa shape index (κ3) is 3.77. The van der Waals surface area contributed by atoms with Crippen LogP contribution in [0.2, 0.25) is 0 Å². The van der Waals surface area contributed by atoms with E-state index in [1.54, 1.807) is 6.20 Å². The summed E-state index contributed by atoms with van der Waals surface area (Å²) >= 11 is 0. The van der Waals surface area contributed by atoms with Gasteiger partial charge in [-0.15, -0.1) is 0 Å². The van der Waals surface area contributed by atoms with Gasteiger partial charge in [0.05, 0.1) is 12.1 Å². The monoisotopic (exact) mass is 310 g/mol. The molecule has 2 aromatic rings. The van der Waals surface area contributed by atoms with Crippen molar-refractivity contribution in [2.24, 2.45) is 0 Å². The average molecular weight is 310 g/mol. The normalized spacial score (nSPS) is 16.4. The minimum absolute atomic E-state index is 0.0132. The molecule has 4 nitrogen and oxygen atoms in total. The Hall–Kier alpha value is -2.20. The molecule has 1 aromatic heterocycles. The molecule has 1 aromatic carbocycles. The SMILES string of the molecule is C[C@H](c1cccc(-c2ccc(CC(=O)O)cn2)c1)N1CCCC1. The molecule has 0 aliphatic carbocycles. The van der Waals surface area contributed by atoms with Crippen LogP contribution in [0.4, 0.5) is 0 Å². The highest BCUT2D eigenvalue weighted by atomic mass is 16.4. The fraction of sp³-hybridized carbons (Fsp3) is 0.368. The molecule has 1 aliphatic rings. The molecule has 0 saturated carbocycles. The second-order valence-electron chi connectivity index (χ2n) is 6.17. The van der Waals surface area contributed by atoms with Crippen LogP contribution in [0.25, 0.3) is 11.3 Å². The van der Waals surface area contributed by atoms with Gasteiger partial charge in [-0.2, -0.15) is 0 Å². The largest absolute Gasteiger partial charge is 0.481 e. The van der Waals surface area contributed by atoms with Gasteiger partial charge in [0.25, 0.3) is 0 Å². The third-order valence-electron chi connectivity index (χ3n) is 4.53. The Labute approximate surface area is 136 Å². The Morgan fingerprint density at radius 2 is 2.04 bits per heavy atom. The van der Waals surface area contributed by atoms with E-state index in [0.29, 0.717) is 6.04 Å². The Balaban J connectivity index is 1.80. The van der Waals surface area contributed by atoms with Crippen molar-refractivity contribution in [3.05, 3.63) is 53.7 Å². The van der Waals surface area contributed by atoms with Gasteiger partial charge in [0, 0.05) is 17.8 Å². The maximum atomic E-state index is 10.7. The molecule has 2 heterocycles. The highest BCUT2D eigenvalue weighted by Gasteiger charge is 2.19. The van der Waals surface area contributed by atoms with Gasteiger partial charge in [-0.05, 0) is 56.1 Å². The zero-order chi connectivity index (χ0) is 16.2. The number of pyridine rings is 1. The Kier molecular flexibility index (Phi) is 4.72. The van der Waals surface area contributed by atoms with Crippen molar-refractivity contribution in [3.63, 3.8) is 0 Å². The van der Waals surface area contributed by atoms with Gasteiger partial charge in [-0.3, -0.25) is 14.7 Å². The summed E-state index contributed by atoms with van der Waals surface area (Å²) in [6.07, 6.45) is 4.24. The average Bonchev–Trinajstić information content (AvgIpc) is 3.09. The van der Waals surface area contributed by atoms with Gasteiger partial charge in [-0.1, -0.05) is 24.3 Å². The molecule has 4 heteroatoms. The summed E-state index contributed by atoms with van der Waals surface area (Å²) < 4.78 is 0. The summed E-state index contributed by atoms with van der Waals surface area (Å²) in [5, 5.41) is 8.82. The molecule has 3 rings (SSSR count). The number of carboxylic acids is 1. The maximum Gasteiger partial charge on any atom is 0.307 e. The molecule has 0 bridgehead atoms. The minimum Gasteiger partial charge on any atom is -0.481 e. The second kappa shape index (κ2) is 6.92. The van der Waals surface area contributed by atoms with E-state index in [2.05, 4.69) is 41.1 Å². The first-order valence-electron chi connectivity index (χ1n) is 8.14. The topological polar surface area (TPSA) is 53.4 Å². The maximum absolute atomic E-state index is 10.7. The number of rotatable bonds is 5. The molecule has 1 aliphatic heterocycles. The zero-order valence-corrected chi connectivity index (χ0v) is 13.4. The van der Waals surface area contributed by atoms with Crippen molar-refractivity contribution in [2.75, 3.05) is 13.1 Å². The molecular weight excluding hydrogens is 288 g/mol. The summed E-state index contributed by atoms with van der Waals surface area (Å²) in [6.45, 7) is 4.61. The van der Waals surface area contributed by atoms with Crippen LogP contribution in [0.3, 0.4) is 0 Å². The number of aromatic nitrogens is 1. The standard InChI is InChI=1S/C19H22N2O2/c1-14(21-9-2-3-10-21)16-5-4-6-17(12-16)18-8-7-15(13-20-18)11-19(22)23/h4-8,12-14H,2-3,9-11H2,1H3,(H,22,23)/t14-/m1/s1. The van der Waals surface area contributed by atoms with Crippen molar-refractivity contribution < 1.29 is 9.90 Å².